The molecule has 2 heterocycles. The quantitative estimate of drug-likeness (QED) is 0.273. The third-order valence-electron chi connectivity index (χ3n) is 7.67. The lowest BCUT2D eigenvalue weighted by Gasteiger charge is -2.36. The standard InChI is InChI=1S/C31H39N4O6P/c1-19(2)35(20(3)4)42(38-6)41-27-17-29(40-21(27)5)34-16-15-28(32-30(34)36)33-31(37)39-18-26-24-13-9-7-11-22(24)23-12-8-10-14-25(23)26/h7-16,19-21,26-27,29H,17-18H2,1-6H3,(H,32,33,36,37)/t21-,27?,29-,42?/m1/s1. The molecular weight excluding hydrogens is 555 g/mol. The molecule has 10 nitrogen and oxygen atoms in total. The van der Waals surface area contributed by atoms with E-state index < -0.39 is 26.5 Å². The average molecular weight is 595 g/mol. The Kier molecular flexibility index (Phi) is 9.40. The maximum absolute atomic E-state index is 12.9. The molecule has 0 bridgehead atoms. The predicted octanol–water partition coefficient (Wildman–Crippen LogP) is 6.29. The molecule has 0 spiro atoms. The predicted molar refractivity (Wildman–Crippen MR) is 162 cm³/mol. The molecule has 1 fully saturated rings. The van der Waals surface area contributed by atoms with Crippen molar-refractivity contribution in [3.8, 4) is 11.1 Å². The first-order chi connectivity index (χ1) is 20.2. The van der Waals surface area contributed by atoms with Crippen LogP contribution in [0, 0.1) is 0 Å². The second-order valence-electron chi connectivity index (χ2n) is 11.1. The topological polar surface area (TPSA) is 104 Å². The molecule has 2 aromatic carbocycles. The third-order valence-corrected chi connectivity index (χ3v) is 9.74. The number of fused-ring (bicyclic) bond motifs is 3. The van der Waals surface area contributed by atoms with Crippen molar-refractivity contribution >= 4 is 20.4 Å². The molecule has 3 aromatic rings. The molecule has 1 aliphatic heterocycles. The van der Waals surface area contributed by atoms with Gasteiger partial charge in [-0.1, -0.05) is 48.5 Å². The Morgan fingerprint density at radius 1 is 1.07 bits per heavy atom. The average Bonchev–Trinajstić information content (AvgIpc) is 3.48. The van der Waals surface area contributed by atoms with Gasteiger partial charge in [0, 0.05) is 37.7 Å². The summed E-state index contributed by atoms with van der Waals surface area (Å²) in [6.07, 6.45) is 0.311. The van der Waals surface area contributed by atoms with Crippen LogP contribution >= 0.6 is 8.53 Å². The number of rotatable bonds is 10. The normalized spacial score (nSPS) is 20.6. The minimum absolute atomic E-state index is 0.0620. The van der Waals surface area contributed by atoms with Crippen molar-refractivity contribution in [1.82, 2.24) is 14.2 Å². The van der Waals surface area contributed by atoms with Crippen LogP contribution in [0.3, 0.4) is 0 Å². The molecule has 5 rings (SSSR count). The molecule has 1 aliphatic carbocycles. The van der Waals surface area contributed by atoms with Gasteiger partial charge in [-0.15, -0.1) is 0 Å². The minimum Gasteiger partial charge on any atom is -0.448 e. The largest absolute Gasteiger partial charge is 0.448 e. The zero-order valence-electron chi connectivity index (χ0n) is 24.9. The van der Waals surface area contributed by atoms with Gasteiger partial charge in [-0.2, -0.15) is 4.98 Å². The van der Waals surface area contributed by atoms with Gasteiger partial charge in [0.25, 0.3) is 8.53 Å². The maximum Gasteiger partial charge on any atom is 0.412 e. The van der Waals surface area contributed by atoms with Gasteiger partial charge in [-0.3, -0.25) is 9.88 Å². The van der Waals surface area contributed by atoms with Gasteiger partial charge in [-0.25, -0.2) is 14.3 Å². The highest BCUT2D eigenvalue weighted by Gasteiger charge is 2.39. The van der Waals surface area contributed by atoms with Crippen molar-refractivity contribution in [2.24, 2.45) is 0 Å². The number of anilines is 1. The summed E-state index contributed by atoms with van der Waals surface area (Å²) in [7, 11) is 0.355. The van der Waals surface area contributed by atoms with Gasteiger partial charge >= 0.3 is 11.8 Å². The number of hydrogen-bond acceptors (Lipinski definition) is 8. The highest BCUT2D eigenvalue weighted by molar-refractivity contribution is 7.44. The number of carbonyl (C=O) groups is 1. The van der Waals surface area contributed by atoms with Crippen molar-refractivity contribution in [2.75, 3.05) is 19.0 Å². The molecule has 42 heavy (non-hydrogen) atoms. The van der Waals surface area contributed by atoms with Crippen molar-refractivity contribution in [3.63, 3.8) is 0 Å². The minimum atomic E-state index is -1.30. The Hall–Kier alpha value is -3.14. The second kappa shape index (κ2) is 13.0. The summed E-state index contributed by atoms with van der Waals surface area (Å²) in [5.41, 5.74) is 4.02. The van der Waals surface area contributed by atoms with Gasteiger partial charge < -0.3 is 18.5 Å². The lowest BCUT2D eigenvalue weighted by atomic mass is 9.98. The van der Waals surface area contributed by atoms with E-state index in [0.29, 0.717) is 6.42 Å². The fourth-order valence-electron chi connectivity index (χ4n) is 5.81. The van der Waals surface area contributed by atoms with E-state index >= 15 is 0 Å². The molecule has 1 aromatic heterocycles. The maximum atomic E-state index is 12.9. The lowest BCUT2D eigenvalue weighted by molar-refractivity contribution is -0.00824. The van der Waals surface area contributed by atoms with Gasteiger partial charge in [0.15, 0.2) is 0 Å². The molecule has 0 saturated carbocycles. The van der Waals surface area contributed by atoms with Crippen LogP contribution in [0.2, 0.25) is 0 Å². The van der Waals surface area contributed by atoms with Gasteiger partial charge in [0.2, 0.25) is 0 Å². The van der Waals surface area contributed by atoms with Gasteiger partial charge in [-0.05, 0) is 62.9 Å². The second-order valence-corrected chi connectivity index (χ2v) is 12.6. The highest BCUT2D eigenvalue weighted by atomic mass is 31.2. The Balaban J connectivity index is 1.20. The monoisotopic (exact) mass is 594 g/mol. The molecule has 0 radical (unpaired) electrons. The van der Waals surface area contributed by atoms with E-state index in [2.05, 4.69) is 66.9 Å². The van der Waals surface area contributed by atoms with Crippen molar-refractivity contribution in [2.45, 2.75) is 77.5 Å². The Bertz CT molecular complexity index is 1410. The fraction of sp³-hybridized carbons (Fsp3) is 0.452. The third kappa shape index (κ3) is 6.28. The lowest BCUT2D eigenvalue weighted by Crippen LogP contribution is -2.35. The van der Waals surface area contributed by atoms with E-state index in [1.807, 2.05) is 31.2 Å². The fourth-order valence-corrected chi connectivity index (χ4v) is 7.44. The molecular formula is C31H39N4O6P. The molecule has 2 aliphatic rings. The molecule has 1 amide bonds. The zero-order valence-corrected chi connectivity index (χ0v) is 25.8. The van der Waals surface area contributed by atoms with Crippen LogP contribution in [0.1, 0.15) is 64.3 Å². The van der Waals surface area contributed by atoms with Gasteiger partial charge in [0.1, 0.15) is 18.7 Å². The molecule has 1 saturated heterocycles. The van der Waals surface area contributed by atoms with Crippen molar-refractivity contribution in [1.29, 1.82) is 0 Å². The summed E-state index contributed by atoms with van der Waals surface area (Å²) < 4.78 is 27.4. The number of carbonyl (C=O) groups excluding carboxylic acids is 1. The van der Waals surface area contributed by atoms with Gasteiger partial charge in [0.05, 0.1) is 12.2 Å². The smallest absolute Gasteiger partial charge is 0.412 e. The van der Waals surface area contributed by atoms with E-state index in [9.17, 15) is 9.59 Å². The van der Waals surface area contributed by atoms with E-state index in [-0.39, 0.29) is 42.6 Å². The number of amides is 1. The van der Waals surface area contributed by atoms with E-state index in [0.717, 1.165) is 22.3 Å². The molecule has 2 unspecified atom stereocenters. The Morgan fingerprint density at radius 2 is 1.69 bits per heavy atom. The number of benzene rings is 2. The van der Waals surface area contributed by atoms with Crippen LogP contribution in [-0.4, -0.2) is 58.3 Å². The van der Waals surface area contributed by atoms with Crippen LogP contribution in [0.25, 0.3) is 11.1 Å². The molecule has 224 valence electrons. The summed E-state index contributed by atoms with van der Waals surface area (Å²) in [4.78, 5) is 29.7. The summed E-state index contributed by atoms with van der Waals surface area (Å²) in [6, 6.07) is 18.3. The molecule has 11 heteroatoms. The van der Waals surface area contributed by atoms with E-state index in [1.165, 1.54) is 4.57 Å². The number of ether oxygens (including phenoxy) is 2. The van der Waals surface area contributed by atoms with Crippen LogP contribution in [0.15, 0.2) is 65.6 Å². The molecule has 1 N–H and O–H groups in total. The van der Waals surface area contributed by atoms with Crippen molar-refractivity contribution in [3.05, 3.63) is 82.4 Å². The number of nitrogens with zero attached hydrogens (tertiary/aromatic N) is 3. The first kappa shape index (κ1) is 30.3. The number of hydrogen-bond donors (Lipinski definition) is 1. The first-order valence-electron chi connectivity index (χ1n) is 14.3. The summed E-state index contributed by atoms with van der Waals surface area (Å²) in [5.74, 6) is 0.0489. The summed E-state index contributed by atoms with van der Waals surface area (Å²) in [6.45, 7) is 10.5. The number of nitrogens with one attached hydrogen (secondary N) is 1. The molecule has 4 atom stereocenters. The van der Waals surface area contributed by atoms with E-state index in [1.54, 1.807) is 19.4 Å². The van der Waals surface area contributed by atoms with Crippen LogP contribution < -0.4 is 11.0 Å². The first-order valence-corrected chi connectivity index (χ1v) is 15.5. The van der Waals surface area contributed by atoms with E-state index in [4.69, 9.17) is 18.5 Å². The van der Waals surface area contributed by atoms with Crippen LogP contribution in [0.5, 0.6) is 0 Å². The Morgan fingerprint density at radius 3 is 2.26 bits per heavy atom. The highest BCUT2D eigenvalue weighted by Crippen LogP contribution is 2.49. The number of aromatic nitrogens is 2. The van der Waals surface area contributed by atoms with Crippen LogP contribution in [0.4, 0.5) is 10.6 Å². The SMILES string of the molecule is COP(OC1C[C@H](n2ccc(NC(=O)OCC3c4ccccc4-c4ccccc43)nc2=O)O[C@@H]1C)N(C(C)C)C(C)C. The zero-order chi connectivity index (χ0) is 30.0. The summed E-state index contributed by atoms with van der Waals surface area (Å²) in [5, 5.41) is 2.59. The Labute approximate surface area is 247 Å². The summed E-state index contributed by atoms with van der Waals surface area (Å²) >= 11 is 0. The van der Waals surface area contributed by atoms with Crippen LogP contribution in [-0.2, 0) is 18.5 Å². The van der Waals surface area contributed by atoms with Crippen molar-refractivity contribution < 1.29 is 23.3 Å².